The predicted octanol–water partition coefficient (Wildman–Crippen LogP) is 3.09. The van der Waals surface area contributed by atoms with Crippen molar-refractivity contribution in [2.75, 3.05) is 22.9 Å². The molecule has 0 aliphatic rings. The van der Waals surface area contributed by atoms with E-state index in [0.717, 1.165) is 28.4 Å². The van der Waals surface area contributed by atoms with Crippen LogP contribution in [0.2, 0.25) is 0 Å². The molecule has 1 heterocycles. The van der Waals surface area contributed by atoms with Gasteiger partial charge in [-0.2, -0.15) is 0 Å². The van der Waals surface area contributed by atoms with Crippen LogP contribution in [0, 0.1) is 0 Å². The molecule has 1 amide bonds. The van der Waals surface area contributed by atoms with E-state index >= 15 is 0 Å². The molecule has 136 valence electrons. The Hall–Kier alpha value is -2.00. The summed E-state index contributed by atoms with van der Waals surface area (Å²) in [5.74, 6) is -0.0925. The van der Waals surface area contributed by atoms with Gasteiger partial charge in [0, 0.05) is 13.0 Å². The van der Waals surface area contributed by atoms with Crippen molar-refractivity contribution in [2.24, 2.45) is 0 Å². The number of hydrogen-bond donors (Lipinski definition) is 1. The van der Waals surface area contributed by atoms with Crippen LogP contribution < -0.4 is 9.62 Å². The van der Waals surface area contributed by atoms with Crippen molar-refractivity contribution in [1.29, 1.82) is 0 Å². The minimum Gasteiger partial charge on any atom is -0.296 e. The monoisotopic (exact) mass is 382 g/mol. The molecule has 0 fully saturated rings. The summed E-state index contributed by atoms with van der Waals surface area (Å²) in [5, 5.41) is 12.2. The van der Waals surface area contributed by atoms with E-state index in [9.17, 15) is 13.2 Å². The second-order valence-electron chi connectivity index (χ2n) is 5.66. The van der Waals surface area contributed by atoms with E-state index in [4.69, 9.17) is 0 Å². The summed E-state index contributed by atoms with van der Waals surface area (Å²) in [6.45, 7) is 4.18. The first-order chi connectivity index (χ1) is 11.8. The standard InChI is InChI=1S/C16H22N4O3S2/c1-5-11(6-2)15-18-19-16(24-15)17-14(21)12-9-7-8-10-13(12)20(3)25(4,22)23/h7-11H,5-6H2,1-4H3,(H,17,19,21). The summed E-state index contributed by atoms with van der Waals surface area (Å²) in [4.78, 5) is 12.6. The fourth-order valence-corrected chi connectivity index (χ4v) is 3.89. The molecule has 2 rings (SSSR count). The van der Waals surface area contributed by atoms with Crippen LogP contribution in [0.4, 0.5) is 10.8 Å². The fraction of sp³-hybridized carbons (Fsp3) is 0.438. The van der Waals surface area contributed by atoms with E-state index in [1.807, 2.05) is 0 Å². The number of benzene rings is 1. The quantitative estimate of drug-likeness (QED) is 0.794. The lowest BCUT2D eigenvalue weighted by molar-refractivity contribution is 0.102. The van der Waals surface area contributed by atoms with Crippen LogP contribution in [0.15, 0.2) is 24.3 Å². The summed E-state index contributed by atoms with van der Waals surface area (Å²) in [7, 11) is -2.06. The average Bonchev–Trinajstić information content (AvgIpc) is 3.02. The Morgan fingerprint density at radius 1 is 1.24 bits per heavy atom. The molecule has 0 unspecified atom stereocenters. The predicted molar refractivity (Wildman–Crippen MR) is 101 cm³/mol. The molecule has 1 N–H and O–H groups in total. The highest BCUT2D eigenvalue weighted by atomic mass is 32.2. The summed E-state index contributed by atoms with van der Waals surface area (Å²) in [5.41, 5.74) is 0.571. The number of para-hydroxylation sites is 1. The van der Waals surface area contributed by atoms with Gasteiger partial charge >= 0.3 is 0 Å². The molecule has 1 aromatic carbocycles. The van der Waals surface area contributed by atoms with Crippen molar-refractivity contribution in [1.82, 2.24) is 10.2 Å². The highest BCUT2D eigenvalue weighted by Gasteiger charge is 2.21. The van der Waals surface area contributed by atoms with Gasteiger partial charge in [0.05, 0.1) is 17.5 Å². The maximum Gasteiger partial charge on any atom is 0.259 e. The molecular formula is C16H22N4O3S2. The van der Waals surface area contributed by atoms with E-state index in [1.165, 1.54) is 18.4 Å². The van der Waals surface area contributed by atoms with Gasteiger partial charge in [-0.25, -0.2) is 8.42 Å². The lowest BCUT2D eigenvalue weighted by Crippen LogP contribution is -2.27. The lowest BCUT2D eigenvalue weighted by atomic mass is 10.1. The molecule has 2 aromatic rings. The number of nitrogens with one attached hydrogen (secondary N) is 1. The number of anilines is 2. The van der Waals surface area contributed by atoms with Gasteiger partial charge in [-0.05, 0) is 25.0 Å². The van der Waals surface area contributed by atoms with Gasteiger partial charge in [0.2, 0.25) is 15.2 Å². The third-order valence-corrected chi connectivity index (χ3v) is 6.17. The fourth-order valence-electron chi connectivity index (χ4n) is 2.37. The van der Waals surface area contributed by atoms with Gasteiger partial charge < -0.3 is 0 Å². The minimum absolute atomic E-state index is 0.259. The molecule has 0 saturated heterocycles. The number of aromatic nitrogens is 2. The average molecular weight is 383 g/mol. The van der Waals surface area contributed by atoms with E-state index in [1.54, 1.807) is 24.3 Å². The largest absolute Gasteiger partial charge is 0.296 e. The zero-order valence-electron chi connectivity index (χ0n) is 14.7. The van der Waals surface area contributed by atoms with Gasteiger partial charge in [-0.1, -0.05) is 37.3 Å². The Kier molecular flexibility index (Phi) is 6.12. The highest BCUT2D eigenvalue weighted by Crippen LogP contribution is 2.29. The van der Waals surface area contributed by atoms with Crippen molar-refractivity contribution in [2.45, 2.75) is 32.6 Å². The Balaban J connectivity index is 2.25. The van der Waals surface area contributed by atoms with Crippen LogP contribution in [-0.4, -0.2) is 37.8 Å². The number of carbonyl (C=O) groups is 1. The van der Waals surface area contributed by atoms with E-state index in [0.29, 0.717) is 16.7 Å². The van der Waals surface area contributed by atoms with Gasteiger partial charge in [-0.3, -0.25) is 14.4 Å². The van der Waals surface area contributed by atoms with Crippen LogP contribution in [0.5, 0.6) is 0 Å². The minimum atomic E-state index is -3.47. The number of sulfonamides is 1. The van der Waals surface area contributed by atoms with Crippen molar-refractivity contribution < 1.29 is 13.2 Å². The number of amides is 1. The molecule has 25 heavy (non-hydrogen) atoms. The number of hydrogen-bond acceptors (Lipinski definition) is 6. The second kappa shape index (κ2) is 7.92. The normalized spacial score (nSPS) is 11.6. The second-order valence-corrected chi connectivity index (χ2v) is 8.68. The maximum absolute atomic E-state index is 12.6. The highest BCUT2D eigenvalue weighted by molar-refractivity contribution is 7.92. The van der Waals surface area contributed by atoms with Gasteiger partial charge in [-0.15, -0.1) is 10.2 Å². The van der Waals surface area contributed by atoms with Crippen molar-refractivity contribution >= 4 is 38.1 Å². The SMILES string of the molecule is CCC(CC)c1nnc(NC(=O)c2ccccc2N(C)S(C)(=O)=O)s1. The Labute approximate surface area is 152 Å². The van der Waals surface area contributed by atoms with Crippen molar-refractivity contribution in [3.8, 4) is 0 Å². The number of nitrogens with zero attached hydrogens (tertiary/aromatic N) is 3. The molecule has 7 nitrogen and oxygen atoms in total. The van der Waals surface area contributed by atoms with Crippen LogP contribution in [-0.2, 0) is 10.0 Å². The maximum atomic E-state index is 12.6. The Morgan fingerprint density at radius 3 is 2.48 bits per heavy atom. The van der Waals surface area contributed by atoms with E-state index < -0.39 is 15.9 Å². The van der Waals surface area contributed by atoms with Gasteiger partial charge in [0.1, 0.15) is 5.01 Å². The summed E-state index contributed by atoms with van der Waals surface area (Å²) < 4.78 is 24.6. The van der Waals surface area contributed by atoms with Crippen molar-refractivity contribution in [3.05, 3.63) is 34.8 Å². The summed E-state index contributed by atoms with van der Waals surface area (Å²) in [6.07, 6.45) is 3.01. The number of carbonyl (C=O) groups excluding carboxylic acids is 1. The van der Waals surface area contributed by atoms with Crippen molar-refractivity contribution in [3.63, 3.8) is 0 Å². The Bertz CT molecular complexity index is 845. The topological polar surface area (TPSA) is 92.3 Å². The third kappa shape index (κ3) is 4.55. The van der Waals surface area contributed by atoms with Crippen LogP contribution in [0.3, 0.4) is 0 Å². The Morgan fingerprint density at radius 2 is 1.88 bits per heavy atom. The molecule has 0 aliphatic heterocycles. The van der Waals surface area contributed by atoms with Gasteiger partial charge in [0.15, 0.2) is 0 Å². The van der Waals surface area contributed by atoms with E-state index in [2.05, 4.69) is 29.4 Å². The first kappa shape index (κ1) is 19.3. The smallest absolute Gasteiger partial charge is 0.259 e. The summed E-state index contributed by atoms with van der Waals surface area (Å²) >= 11 is 1.35. The van der Waals surface area contributed by atoms with Gasteiger partial charge in [0.25, 0.3) is 5.91 Å². The molecule has 0 bridgehead atoms. The molecule has 0 atom stereocenters. The molecule has 1 aromatic heterocycles. The van der Waals surface area contributed by atoms with Crippen LogP contribution >= 0.6 is 11.3 Å². The zero-order valence-corrected chi connectivity index (χ0v) is 16.3. The van der Waals surface area contributed by atoms with Crippen LogP contribution in [0.1, 0.15) is 48.0 Å². The molecule has 0 aliphatic carbocycles. The number of rotatable bonds is 7. The molecule has 0 saturated carbocycles. The third-order valence-electron chi connectivity index (χ3n) is 3.98. The molecular weight excluding hydrogens is 360 g/mol. The lowest BCUT2D eigenvalue weighted by Gasteiger charge is -2.19. The molecule has 0 spiro atoms. The summed E-state index contributed by atoms with van der Waals surface area (Å²) in [6, 6.07) is 6.54. The first-order valence-corrected chi connectivity index (χ1v) is 10.6. The first-order valence-electron chi connectivity index (χ1n) is 7.95. The van der Waals surface area contributed by atoms with E-state index in [-0.39, 0.29) is 5.56 Å². The molecule has 9 heteroatoms. The molecule has 0 radical (unpaired) electrons. The van der Waals surface area contributed by atoms with Crippen LogP contribution in [0.25, 0.3) is 0 Å². The zero-order chi connectivity index (χ0) is 18.6.